The highest BCUT2D eigenvalue weighted by Crippen LogP contribution is 2.22. The van der Waals surface area contributed by atoms with Crippen molar-refractivity contribution in [2.75, 3.05) is 4.72 Å². The number of hydrogen-bond acceptors (Lipinski definition) is 9. The summed E-state index contributed by atoms with van der Waals surface area (Å²) in [4.78, 5) is 25.3. The number of sulfonamides is 1. The molecule has 1 aliphatic rings. The Kier molecular flexibility index (Phi) is 6.67. The van der Waals surface area contributed by atoms with Crippen LogP contribution in [0.3, 0.4) is 0 Å². The molecule has 0 aliphatic carbocycles. The van der Waals surface area contributed by atoms with Crippen LogP contribution in [0.4, 0.5) is 11.5 Å². The molecule has 0 bridgehead atoms. The molecule has 0 spiro atoms. The first-order valence-corrected chi connectivity index (χ1v) is 12.0. The third-order valence-electron chi connectivity index (χ3n) is 4.85. The molecule has 3 aromatic rings. The Labute approximate surface area is 205 Å². The first-order chi connectivity index (χ1) is 16.6. The summed E-state index contributed by atoms with van der Waals surface area (Å²) in [6.07, 6.45) is 0. The van der Waals surface area contributed by atoms with Crippen molar-refractivity contribution in [1.29, 1.82) is 0 Å². The van der Waals surface area contributed by atoms with Crippen molar-refractivity contribution in [2.45, 2.75) is 24.8 Å². The van der Waals surface area contributed by atoms with Gasteiger partial charge in [0.2, 0.25) is 0 Å². The molecule has 1 aliphatic heterocycles. The molecule has 1 atom stereocenters. The van der Waals surface area contributed by atoms with Gasteiger partial charge in [-0.1, -0.05) is 11.6 Å². The number of nitrogens with one attached hydrogen (secondary N) is 1. The molecular weight excluding hydrogens is 494 g/mol. The highest BCUT2D eigenvalue weighted by Gasteiger charge is 2.38. The van der Waals surface area contributed by atoms with Gasteiger partial charge in [0, 0.05) is 10.6 Å². The zero-order chi connectivity index (χ0) is 25.2. The zero-order valence-corrected chi connectivity index (χ0v) is 20.0. The maximum Gasteiger partial charge on any atom is 0.282 e. The molecule has 1 N–H and O–H groups in total. The fourth-order valence-electron chi connectivity index (χ4n) is 3.02. The molecule has 2 amide bonds. The summed E-state index contributed by atoms with van der Waals surface area (Å²) in [5, 5.41) is 20.8. The smallest absolute Gasteiger partial charge is 0.269 e. The van der Waals surface area contributed by atoms with Gasteiger partial charge in [-0.25, -0.2) is 8.42 Å². The van der Waals surface area contributed by atoms with Gasteiger partial charge in [0.05, 0.1) is 22.0 Å². The van der Waals surface area contributed by atoms with Crippen LogP contribution in [-0.2, 0) is 14.8 Å². The molecular formula is C22H18ClN7O4S. The Morgan fingerprint density at radius 2 is 1.69 bits per heavy atom. The van der Waals surface area contributed by atoms with Crippen molar-refractivity contribution >= 4 is 50.7 Å². The molecule has 178 valence electrons. The number of halogens is 1. The number of azo groups is 1. The van der Waals surface area contributed by atoms with E-state index in [-0.39, 0.29) is 16.3 Å². The first kappa shape index (κ1) is 24.1. The summed E-state index contributed by atoms with van der Waals surface area (Å²) in [5.41, 5.74) is 1.51. The highest BCUT2D eigenvalue weighted by molar-refractivity contribution is 7.92. The second-order valence-corrected chi connectivity index (χ2v) is 9.60. The van der Waals surface area contributed by atoms with E-state index in [1.807, 2.05) is 0 Å². The van der Waals surface area contributed by atoms with Gasteiger partial charge in [0.15, 0.2) is 11.9 Å². The standard InChI is InChI=1S/C22H18ClN7O4S/c1-13-3-12-19(26-24-13)29-35(33,34)18-10-8-17(9-11-18)25-27-20-14(2)28-30(22(20)32)21(31)15-4-6-16(23)7-5-15/h3-12,20H,1-2H3,(H,26,29). The van der Waals surface area contributed by atoms with Crippen molar-refractivity contribution in [3.05, 3.63) is 76.9 Å². The molecule has 11 nitrogen and oxygen atoms in total. The lowest BCUT2D eigenvalue weighted by Crippen LogP contribution is -2.34. The van der Waals surface area contributed by atoms with Crippen molar-refractivity contribution < 1.29 is 18.0 Å². The summed E-state index contributed by atoms with van der Waals surface area (Å²) in [6, 6.07) is 13.7. The van der Waals surface area contributed by atoms with Gasteiger partial charge in [-0.3, -0.25) is 14.3 Å². The van der Waals surface area contributed by atoms with Crippen LogP contribution in [0.25, 0.3) is 0 Å². The van der Waals surface area contributed by atoms with Crippen LogP contribution in [0.5, 0.6) is 0 Å². The number of carbonyl (C=O) groups excluding carboxylic acids is 2. The van der Waals surface area contributed by atoms with Crippen LogP contribution in [0.1, 0.15) is 23.0 Å². The fraction of sp³-hybridized carbons (Fsp3) is 0.136. The molecule has 0 fully saturated rings. The van der Waals surface area contributed by atoms with Gasteiger partial charge in [-0.15, -0.1) is 5.10 Å². The Morgan fingerprint density at radius 3 is 2.31 bits per heavy atom. The molecule has 35 heavy (non-hydrogen) atoms. The SMILES string of the molecule is CC1=NN(C(=O)c2ccc(Cl)cc2)C(=O)C1N=Nc1ccc(S(=O)(=O)Nc2ccc(C)nn2)cc1. The summed E-state index contributed by atoms with van der Waals surface area (Å²) < 4.78 is 27.4. The number of carbonyl (C=O) groups is 2. The van der Waals surface area contributed by atoms with Gasteiger partial charge >= 0.3 is 0 Å². The number of aromatic nitrogens is 2. The van der Waals surface area contributed by atoms with Crippen molar-refractivity contribution in [3.63, 3.8) is 0 Å². The van der Waals surface area contributed by atoms with E-state index < -0.39 is 27.9 Å². The average molecular weight is 512 g/mol. The van der Waals surface area contributed by atoms with Crippen LogP contribution >= 0.6 is 11.6 Å². The number of rotatable bonds is 6. The summed E-state index contributed by atoms with van der Waals surface area (Å²) in [7, 11) is -3.89. The Hall–Kier alpha value is -4.03. The summed E-state index contributed by atoms with van der Waals surface area (Å²) >= 11 is 5.84. The second kappa shape index (κ2) is 9.68. The summed E-state index contributed by atoms with van der Waals surface area (Å²) in [5.74, 6) is -1.16. The zero-order valence-electron chi connectivity index (χ0n) is 18.5. The quantitative estimate of drug-likeness (QED) is 0.394. The third kappa shape index (κ3) is 5.39. The van der Waals surface area contributed by atoms with Crippen LogP contribution in [0, 0.1) is 6.92 Å². The van der Waals surface area contributed by atoms with E-state index in [2.05, 4.69) is 30.2 Å². The van der Waals surface area contributed by atoms with E-state index >= 15 is 0 Å². The maximum atomic E-state index is 12.7. The molecule has 0 radical (unpaired) electrons. The minimum atomic E-state index is -3.89. The van der Waals surface area contributed by atoms with Crippen molar-refractivity contribution in [2.24, 2.45) is 15.3 Å². The number of amides is 2. The van der Waals surface area contributed by atoms with Crippen molar-refractivity contribution in [1.82, 2.24) is 15.2 Å². The second-order valence-electron chi connectivity index (χ2n) is 7.48. The molecule has 0 saturated heterocycles. The largest absolute Gasteiger partial charge is 0.282 e. The average Bonchev–Trinajstić information content (AvgIpc) is 3.12. The number of hydrazone groups is 1. The molecule has 13 heteroatoms. The Balaban J connectivity index is 1.44. The molecule has 0 saturated carbocycles. The molecule has 4 rings (SSSR count). The lowest BCUT2D eigenvalue weighted by Gasteiger charge is -2.10. The molecule has 2 aromatic carbocycles. The van der Waals surface area contributed by atoms with Crippen LogP contribution in [-0.4, -0.2) is 47.2 Å². The van der Waals surface area contributed by atoms with Gasteiger partial charge in [-0.05, 0) is 74.5 Å². The lowest BCUT2D eigenvalue weighted by molar-refractivity contribution is -0.127. The van der Waals surface area contributed by atoms with Gasteiger partial charge in [0.1, 0.15) is 0 Å². The van der Waals surface area contributed by atoms with Crippen LogP contribution < -0.4 is 4.72 Å². The molecule has 1 unspecified atom stereocenters. The van der Waals surface area contributed by atoms with Crippen LogP contribution in [0.2, 0.25) is 5.02 Å². The number of hydrogen-bond donors (Lipinski definition) is 1. The monoisotopic (exact) mass is 511 g/mol. The van der Waals surface area contributed by atoms with E-state index in [0.717, 1.165) is 5.01 Å². The minimum absolute atomic E-state index is 0.0201. The lowest BCUT2D eigenvalue weighted by atomic mass is 10.2. The fourth-order valence-corrected chi connectivity index (χ4v) is 4.14. The third-order valence-corrected chi connectivity index (χ3v) is 6.47. The van der Waals surface area contributed by atoms with Gasteiger partial charge in [-0.2, -0.15) is 25.4 Å². The van der Waals surface area contributed by atoms with E-state index in [4.69, 9.17) is 11.6 Å². The highest BCUT2D eigenvalue weighted by atomic mass is 35.5. The van der Waals surface area contributed by atoms with E-state index in [1.54, 1.807) is 19.9 Å². The van der Waals surface area contributed by atoms with E-state index in [0.29, 0.717) is 22.1 Å². The topological polar surface area (TPSA) is 146 Å². The normalized spacial score (nSPS) is 16.0. The van der Waals surface area contributed by atoms with Gasteiger partial charge in [0.25, 0.3) is 21.8 Å². The molecule has 2 heterocycles. The van der Waals surface area contributed by atoms with E-state index in [1.165, 1.54) is 54.6 Å². The van der Waals surface area contributed by atoms with Crippen molar-refractivity contribution in [3.8, 4) is 0 Å². The van der Waals surface area contributed by atoms with E-state index in [9.17, 15) is 18.0 Å². The van der Waals surface area contributed by atoms with Crippen LogP contribution in [0.15, 0.2) is 80.9 Å². The number of nitrogens with zero attached hydrogens (tertiary/aromatic N) is 6. The van der Waals surface area contributed by atoms with Gasteiger partial charge < -0.3 is 0 Å². The number of anilines is 1. The number of aryl methyl sites for hydroxylation is 1. The Morgan fingerprint density at radius 1 is 1.00 bits per heavy atom. The first-order valence-electron chi connectivity index (χ1n) is 10.2. The maximum absolute atomic E-state index is 12.7. The Bertz CT molecular complexity index is 1440. The number of benzene rings is 2. The summed E-state index contributed by atoms with van der Waals surface area (Å²) in [6.45, 7) is 3.30. The minimum Gasteiger partial charge on any atom is -0.269 e. The number of imide groups is 1. The molecule has 1 aromatic heterocycles. The predicted octanol–water partition coefficient (Wildman–Crippen LogP) is 3.75. The predicted molar refractivity (Wildman–Crippen MR) is 128 cm³/mol.